The van der Waals surface area contributed by atoms with Gasteiger partial charge in [-0.1, -0.05) is 12.1 Å². The Kier molecular flexibility index (Phi) is 7.71. The van der Waals surface area contributed by atoms with Gasteiger partial charge in [0.15, 0.2) is 14.6 Å². The lowest BCUT2D eigenvalue weighted by atomic mass is 9.95. The number of benzene rings is 1. The van der Waals surface area contributed by atoms with Gasteiger partial charge in [0.25, 0.3) is 0 Å². The molecule has 2 rings (SSSR count). The number of amides is 1. The Hall–Kier alpha value is -1.31. The molecule has 6 nitrogen and oxygen atoms in total. The van der Waals surface area contributed by atoms with Crippen molar-refractivity contribution in [2.75, 3.05) is 19.3 Å². The summed E-state index contributed by atoms with van der Waals surface area (Å²) in [5, 5.41) is 5.89. The van der Waals surface area contributed by atoms with Gasteiger partial charge >= 0.3 is 0 Å². The van der Waals surface area contributed by atoms with E-state index in [9.17, 15) is 13.2 Å². The topological polar surface area (TPSA) is 84.5 Å². The fourth-order valence-corrected chi connectivity index (χ4v) is 4.25. The predicted octanol–water partition coefficient (Wildman–Crippen LogP) is 1.68. The van der Waals surface area contributed by atoms with Crippen molar-refractivity contribution in [3.63, 3.8) is 0 Å². The molecule has 1 saturated heterocycles. The van der Waals surface area contributed by atoms with Crippen LogP contribution in [0.4, 0.5) is 0 Å². The standard InChI is InChI=1S/C17H26N2O4S.ClH/c1-13(2)23-15-6-4-14(5-7-15)12-19-16(20)17(24(3,21)22)8-10-18-11-9-17;/h4-7,13,18H,8-12H2,1-3H3,(H,19,20);1H. The molecule has 0 spiro atoms. The fourth-order valence-electron chi connectivity index (χ4n) is 2.90. The molecule has 0 aliphatic carbocycles. The highest BCUT2D eigenvalue weighted by atomic mass is 35.5. The fraction of sp³-hybridized carbons (Fsp3) is 0.588. The number of rotatable bonds is 6. The van der Waals surface area contributed by atoms with Crippen molar-refractivity contribution in [3.8, 4) is 5.75 Å². The molecule has 1 amide bonds. The van der Waals surface area contributed by atoms with E-state index in [1.165, 1.54) is 0 Å². The molecule has 1 fully saturated rings. The van der Waals surface area contributed by atoms with Crippen molar-refractivity contribution in [1.29, 1.82) is 0 Å². The van der Waals surface area contributed by atoms with Gasteiger partial charge in [-0.2, -0.15) is 0 Å². The predicted molar refractivity (Wildman–Crippen MR) is 101 cm³/mol. The number of nitrogens with one attached hydrogen (secondary N) is 2. The largest absolute Gasteiger partial charge is 0.491 e. The molecule has 8 heteroatoms. The second-order valence-corrected chi connectivity index (χ2v) is 8.84. The highest BCUT2D eigenvalue weighted by molar-refractivity contribution is 7.92. The van der Waals surface area contributed by atoms with E-state index in [0.717, 1.165) is 17.6 Å². The van der Waals surface area contributed by atoms with Gasteiger partial charge in [-0.3, -0.25) is 4.79 Å². The lowest BCUT2D eigenvalue weighted by Gasteiger charge is -2.34. The summed E-state index contributed by atoms with van der Waals surface area (Å²) in [6.07, 6.45) is 1.86. The number of sulfone groups is 1. The Balaban J connectivity index is 0.00000312. The van der Waals surface area contributed by atoms with Crippen molar-refractivity contribution >= 4 is 28.2 Å². The molecule has 0 radical (unpaired) electrons. The maximum absolute atomic E-state index is 12.6. The van der Waals surface area contributed by atoms with Crippen molar-refractivity contribution < 1.29 is 17.9 Å². The average molecular weight is 391 g/mol. The second-order valence-electron chi connectivity index (χ2n) is 6.51. The van der Waals surface area contributed by atoms with Crippen molar-refractivity contribution in [1.82, 2.24) is 10.6 Å². The number of carbonyl (C=O) groups excluding carboxylic acids is 1. The highest BCUT2D eigenvalue weighted by Crippen LogP contribution is 2.28. The Morgan fingerprint density at radius 3 is 2.28 bits per heavy atom. The quantitative estimate of drug-likeness (QED) is 0.772. The van der Waals surface area contributed by atoms with E-state index >= 15 is 0 Å². The zero-order valence-corrected chi connectivity index (χ0v) is 16.5. The van der Waals surface area contributed by atoms with E-state index in [0.29, 0.717) is 32.5 Å². The van der Waals surface area contributed by atoms with E-state index in [1.807, 2.05) is 38.1 Å². The van der Waals surface area contributed by atoms with E-state index in [-0.39, 0.29) is 18.5 Å². The van der Waals surface area contributed by atoms with E-state index in [2.05, 4.69) is 10.6 Å². The van der Waals surface area contributed by atoms with Crippen molar-refractivity contribution in [2.45, 2.75) is 44.1 Å². The first-order valence-corrected chi connectivity index (χ1v) is 10.1. The average Bonchev–Trinajstić information content (AvgIpc) is 2.53. The van der Waals surface area contributed by atoms with Crippen molar-refractivity contribution in [3.05, 3.63) is 29.8 Å². The summed E-state index contributed by atoms with van der Waals surface area (Å²) in [5.41, 5.74) is 0.900. The lowest BCUT2D eigenvalue weighted by Crippen LogP contribution is -2.57. The Morgan fingerprint density at radius 1 is 1.24 bits per heavy atom. The Morgan fingerprint density at radius 2 is 1.80 bits per heavy atom. The molecule has 0 bridgehead atoms. The first kappa shape index (κ1) is 21.7. The molecule has 1 aliphatic heterocycles. The van der Waals surface area contributed by atoms with Gasteiger partial charge in [0, 0.05) is 12.8 Å². The van der Waals surface area contributed by atoms with Gasteiger partial charge in [0.1, 0.15) is 5.75 Å². The smallest absolute Gasteiger partial charge is 0.241 e. The second kappa shape index (κ2) is 8.87. The molecule has 25 heavy (non-hydrogen) atoms. The first-order valence-electron chi connectivity index (χ1n) is 8.19. The summed E-state index contributed by atoms with van der Waals surface area (Å²) < 4.78 is 28.7. The number of halogens is 1. The van der Waals surface area contributed by atoms with E-state index in [4.69, 9.17) is 4.74 Å². The van der Waals surface area contributed by atoms with Gasteiger partial charge < -0.3 is 15.4 Å². The Bertz CT molecular complexity index is 668. The summed E-state index contributed by atoms with van der Waals surface area (Å²) in [4.78, 5) is 12.6. The highest BCUT2D eigenvalue weighted by Gasteiger charge is 2.48. The molecule has 0 saturated carbocycles. The molecule has 0 unspecified atom stereocenters. The number of hydrogen-bond acceptors (Lipinski definition) is 5. The third kappa shape index (κ3) is 5.33. The van der Waals surface area contributed by atoms with Crippen LogP contribution in [0, 0.1) is 0 Å². The molecular formula is C17H27ClN2O4S. The van der Waals surface area contributed by atoms with Crippen LogP contribution in [-0.4, -0.2) is 44.5 Å². The molecule has 142 valence electrons. The lowest BCUT2D eigenvalue weighted by molar-refractivity contribution is -0.124. The third-order valence-corrected chi connectivity index (χ3v) is 6.30. The van der Waals surface area contributed by atoms with Gasteiger partial charge in [-0.15, -0.1) is 12.4 Å². The summed E-state index contributed by atoms with van der Waals surface area (Å²) in [5.74, 6) is 0.361. The summed E-state index contributed by atoms with van der Waals surface area (Å²) in [6, 6.07) is 7.43. The van der Waals surface area contributed by atoms with Crippen LogP contribution in [0.5, 0.6) is 5.75 Å². The van der Waals surface area contributed by atoms with Crippen LogP contribution < -0.4 is 15.4 Å². The molecule has 1 aromatic rings. The molecule has 1 heterocycles. The third-order valence-electron chi connectivity index (χ3n) is 4.28. The summed E-state index contributed by atoms with van der Waals surface area (Å²) >= 11 is 0. The van der Waals surface area contributed by atoms with Gasteiger partial charge in [0.05, 0.1) is 6.10 Å². The van der Waals surface area contributed by atoms with Gasteiger partial charge in [0.2, 0.25) is 5.91 Å². The summed E-state index contributed by atoms with van der Waals surface area (Å²) in [6.45, 7) is 5.27. The number of ether oxygens (including phenoxy) is 1. The Labute approximate surface area is 156 Å². The van der Waals surface area contributed by atoms with E-state index < -0.39 is 20.5 Å². The van der Waals surface area contributed by atoms with Crippen LogP contribution in [-0.2, 0) is 21.2 Å². The zero-order valence-electron chi connectivity index (χ0n) is 14.9. The monoisotopic (exact) mass is 390 g/mol. The maximum atomic E-state index is 12.6. The SMILES string of the molecule is CC(C)Oc1ccc(CNC(=O)C2(S(C)(=O)=O)CCNCC2)cc1.Cl. The number of hydrogen-bond donors (Lipinski definition) is 2. The number of piperidine rings is 1. The maximum Gasteiger partial charge on any atom is 0.241 e. The van der Waals surface area contributed by atoms with Gasteiger partial charge in [-0.25, -0.2) is 8.42 Å². The minimum absolute atomic E-state index is 0. The van der Waals surface area contributed by atoms with Crippen molar-refractivity contribution in [2.24, 2.45) is 0 Å². The number of carbonyl (C=O) groups is 1. The van der Waals surface area contributed by atoms with Crippen LogP contribution in [0.3, 0.4) is 0 Å². The van der Waals surface area contributed by atoms with E-state index in [1.54, 1.807) is 0 Å². The first-order chi connectivity index (χ1) is 11.2. The summed E-state index contributed by atoms with van der Waals surface area (Å²) in [7, 11) is -3.48. The molecule has 1 aliphatic rings. The minimum atomic E-state index is -3.48. The minimum Gasteiger partial charge on any atom is -0.491 e. The van der Waals surface area contributed by atoms with Gasteiger partial charge in [-0.05, 0) is 57.5 Å². The molecule has 1 aromatic carbocycles. The molecular weight excluding hydrogens is 364 g/mol. The van der Waals surface area contributed by atoms with Crippen LogP contribution in [0.25, 0.3) is 0 Å². The van der Waals surface area contributed by atoms with Crippen LogP contribution in [0.1, 0.15) is 32.3 Å². The molecule has 2 N–H and O–H groups in total. The van der Waals surface area contributed by atoms with Crippen LogP contribution in [0.15, 0.2) is 24.3 Å². The normalized spacial score (nSPS) is 16.8. The van der Waals surface area contributed by atoms with Crippen LogP contribution in [0.2, 0.25) is 0 Å². The zero-order chi connectivity index (χ0) is 17.8. The molecule has 0 aromatic heterocycles. The molecule has 0 atom stereocenters. The van der Waals surface area contributed by atoms with Crippen LogP contribution >= 0.6 is 12.4 Å².